The van der Waals surface area contributed by atoms with E-state index in [2.05, 4.69) is 12.0 Å². The topological polar surface area (TPSA) is 37.4 Å². The first kappa shape index (κ1) is 17.8. The lowest BCUT2D eigenvalue weighted by molar-refractivity contribution is 0.596. The highest BCUT2D eigenvalue weighted by Crippen LogP contribution is 2.23. The molecule has 0 radical (unpaired) electrons. The molecule has 0 aromatic heterocycles. The van der Waals surface area contributed by atoms with Crippen LogP contribution in [0.25, 0.3) is 0 Å². The molecule has 0 fully saturated rings. The second kappa shape index (κ2) is 7.47. The lowest BCUT2D eigenvalue weighted by Gasteiger charge is -2.18. The Morgan fingerprint density at radius 1 is 0.731 bits per heavy atom. The molecule has 3 aromatic carbocycles. The van der Waals surface area contributed by atoms with Crippen LogP contribution in [0.1, 0.15) is 16.7 Å². The molecule has 3 rings (SSSR count). The summed E-state index contributed by atoms with van der Waals surface area (Å²) in [6, 6.07) is 26.1. The molecule has 0 spiro atoms. The van der Waals surface area contributed by atoms with Crippen molar-refractivity contribution in [3.63, 3.8) is 0 Å². The number of benzene rings is 3. The molecule has 0 N–H and O–H groups in total. The summed E-state index contributed by atoms with van der Waals surface area (Å²) in [7, 11) is -3.79. The van der Waals surface area contributed by atoms with Gasteiger partial charge in [0.15, 0.2) is 0 Å². The summed E-state index contributed by atoms with van der Waals surface area (Å²) in [5, 5.41) is 0. The minimum absolute atomic E-state index is 0.213. The van der Waals surface area contributed by atoms with Crippen LogP contribution >= 0.6 is 0 Å². The number of anilines is 1. The fourth-order valence-electron chi connectivity index (χ4n) is 2.39. The van der Waals surface area contributed by atoms with E-state index in [0.29, 0.717) is 5.69 Å². The van der Waals surface area contributed by atoms with Crippen LogP contribution in [0, 0.1) is 25.8 Å². The van der Waals surface area contributed by atoms with Crippen molar-refractivity contribution in [3.8, 4) is 12.0 Å². The van der Waals surface area contributed by atoms with Crippen LogP contribution in [-0.2, 0) is 10.0 Å². The number of nitrogens with zero attached hydrogens (tertiary/aromatic N) is 1. The smallest absolute Gasteiger partial charge is 0.200 e. The maximum absolute atomic E-state index is 13.1. The molecule has 26 heavy (non-hydrogen) atoms. The standard InChI is InChI=1S/C22H19NO2S/c1-18-8-12-20(13-9-18)16-17-23(21-6-4-3-5-7-21)26(24,25)22-14-10-19(2)11-15-22/h3-15H,1-2H3. The van der Waals surface area contributed by atoms with Crippen molar-refractivity contribution in [1.82, 2.24) is 0 Å². The zero-order valence-corrected chi connectivity index (χ0v) is 15.5. The molecule has 0 saturated heterocycles. The van der Waals surface area contributed by atoms with Gasteiger partial charge in [-0.25, -0.2) is 8.42 Å². The maximum Gasteiger partial charge on any atom is 0.275 e. The molecule has 0 saturated carbocycles. The molecule has 0 unspecified atom stereocenters. The number of hydrogen-bond donors (Lipinski definition) is 0. The summed E-state index contributed by atoms with van der Waals surface area (Å²) in [6.07, 6.45) is 0. The van der Waals surface area contributed by atoms with Gasteiger partial charge in [-0.1, -0.05) is 53.6 Å². The number of rotatable bonds is 3. The minimum atomic E-state index is -3.79. The molecular weight excluding hydrogens is 342 g/mol. The zero-order chi connectivity index (χ0) is 18.6. The van der Waals surface area contributed by atoms with E-state index in [-0.39, 0.29) is 4.90 Å². The number of para-hydroxylation sites is 1. The van der Waals surface area contributed by atoms with Crippen LogP contribution in [0.2, 0.25) is 0 Å². The molecule has 0 aliphatic rings. The van der Waals surface area contributed by atoms with Crippen molar-refractivity contribution in [1.29, 1.82) is 0 Å². The Kier molecular flexibility index (Phi) is 5.11. The van der Waals surface area contributed by atoms with Gasteiger partial charge in [0.25, 0.3) is 10.0 Å². The second-order valence-corrected chi connectivity index (χ2v) is 7.81. The number of hydrogen-bond acceptors (Lipinski definition) is 2. The Morgan fingerprint density at radius 3 is 1.85 bits per heavy atom. The van der Waals surface area contributed by atoms with E-state index in [1.165, 1.54) is 0 Å². The summed E-state index contributed by atoms with van der Waals surface area (Å²) < 4.78 is 27.4. The fraction of sp³-hybridized carbons (Fsp3) is 0.0909. The monoisotopic (exact) mass is 361 g/mol. The van der Waals surface area contributed by atoms with Crippen molar-refractivity contribution in [2.75, 3.05) is 4.31 Å². The van der Waals surface area contributed by atoms with Gasteiger partial charge < -0.3 is 0 Å². The number of sulfonamides is 1. The summed E-state index contributed by atoms with van der Waals surface area (Å²) in [6.45, 7) is 3.91. The van der Waals surface area contributed by atoms with Crippen LogP contribution in [0.3, 0.4) is 0 Å². The summed E-state index contributed by atoms with van der Waals surface area (Å²) in [4.78, 5) is 0.213. The Bertz CT molecular complexity index is 1040. The third-order valence-electron chi connectivity index (χ3n) is 3.90. The minimum Gasteiger partial charge on any atom is -0.200 e. The predicted molar refractivity (Wildman–Crippen MR) is 105 cm³/mol. The molecular formula is C22H19NO2S. The van der Waals surface area contributed by atoms with Crippen LogP contribution in [0.15, 0.2) is 83.8 Å². The molecule has 0 bridgehead atoms. The Balaban J connectivity index is 2.07. The fourth-order valence-corrected chi connectivity index (χ4v) is 3.65. The first-order chi connectivity index (χ1) is 12.5. The van der Waals surface area contributed by atoms with Crippen molar-refractivity contribution in [2.45, 2.75) is 18.7 Å². The largest absolute Gasteiger partial charge is 0.275 e. The molecule has 3 aromatic rings. The van der Waals surface area contributed by atoms with Crippen molar-refractivity contribution < 1.29 is 8.42 Å². The van der Waals surface area contributed by atoms with Gasteiger partial charge in [0.2, 0.25) is 0 Å². The lowest BCUT2D eigenvalue weighted by atomic mass is 10.2. The van der Waals surface area contributed by atoms with Crippen molar-refractivity contribution >= 4 is 15.7 Å². The molecule has 0 amide bonds. The molecule has 3 nitrogen and oxygen atoms in total. The van der Waals surface area contributed by atoms with E-state index < -0.39 is 10.0 Å². The van der Waals surface area contributed by atoms with Gasteiger partial charge in [-0.05, 0) is 56.2 Å². The number of aryl methyl sites for hydroxylation is 2. The lowest BCUT2D eigenvalue weighted by Crippen LogP contribution is -2.26. The van der Waals surface area contributed by atoms with Gasteiger partial charge in [0.1, 0.15) is 0 Å². The highest BCUT2D eigenvalue weighted by Gasteiger charge is 2.23. The van der Waals surface area contributed by atoms with Crippen LogP contribution in [0.4, 0.5) is 5.69 Å². The third-order valence-corrected chi connectivity index (χ3v) is 5.55. The summed E-state index contributed by atoms with van der Waals surface area (Å²) in [5.74, 6) is 2.95. The Morgan fingerprint density at radius 2 is 1.27 bits per heavy atom. The first-order valence-corrected chi connectivity index (χ1v) is 9.66. The quantitative estimate of drug-likeness (QED) is 0.508. The second-order valence-electron chi connectivity index (χ2n) is 6.02. The third kappa shape index (κ3) is 3.96. The van der Waals surface area contributed by atoms with Crippen molar-refractivity contribution in [2.24, 2.45) is 0 Å². The normalized spacial score (nSPS) is 10.7. The molecule has 4 heteroatoms. The van der Waals surface area contributed by atoms with Gasteiger partial charge >= 0.3 is 0 Å². The average Bonchev–Trinajstić information content (AvgIpc) is 2.64. The summed E-state index contributed by atoms with van der Waals surface area (Å²) in [5.41, 5.74) is 3.40. The molecule has 0 aliphatic carbocycles. The Labute approximate surface area is 155 Å². The van der Waals surface area contributed by atoms with Crippen LogP contribution < -0.4 is 4.31 Å². The van der Waals surface area contributed by atoms with Gasteiger partial charge in [-0.3, -0.25) is 0 Å². The van der Waals surface area contributed by atoms with E-state index >= 15 is 0 Å². The van der Waals surface area contributed by atoms with Gasteiger partial charge in [-0.15, -0.1) is 0 Å². The highest BCUT2D eigenvalue weighted by molar-refractivity contribution is 7.93. The first-order valence-electron chi connectivity index (χ1n) is 8.22. The zero-order valence-electron chi connectivity index (χ0n) is 14.7. The van der Waals surface area contributed by atoms with E-state index in [9.17, 15) is 8.42 Å². The highest BCUT2D eigenvalue weighted by atomic mass is 32.2. The summed E-state index contributed by atoms with van der Waals surface area (Å²) >= 11 is 0. The predicted octanol–water partition coefficient (Wildman–Crippen LogP) is 4.51. The molecule has 0 atom stereocenters. The van der Waals surface area contributed by atoms with E-state index in [4.69, 9.17) is 0 Å². The molecule has 0 aliphatic heterocycles. The SMILES string of the molecule is Cc1ccc(C#CN(c2ccccc2)S(=O)(=O)c2ccc(C)cc2)cc1. The maximum atomic E-state index is 13.1. The molecule has 0 heterocycles. The van der Waals surface area contributed by atoms with Crippen LogP contribution in [0.5, 0.6) is 0 Å². The Hall–Kier alpha value is -3.03. The van der Waals surface area contributed by atoms with E-state index in [0.717, 1.165) is 21.0 Å². The van der Waals surface area contributed by atoms with Gasteiger partial charge in [0, 0.05) is 11.6 Å². The van der Waals surface area contributed by atoms with E-state index in [1.54, 1.807) is 48.5 Å². The van der Waals surface area contributed by atoms with E-state index in [1.807, 2.05) is 44.2 Å². The van der Waals surface area contributed by atoms with Gasteiger partial charge in [-0.2, -0.15) is 4.31 Å². The molecule has 130 valence electrons. The van der Waals surface area contributed by atoms with Crippen molar-refractivity contribution in [3.05, 3.63) is 95.6 Å². The van der Waals surface area contributed by atoms with Crippen LogP contribution in [-0.4, -0.2) is 8.42 Å². The van der Waals surface area contributed by atoms with Gasteiger partial charge in [0.05, 0.1) is 10.6 Å². The average molecular weight is 361 g/mol.